The van der Waals surface area contributed by atoms with Gasteiger partial charge in [0.25, 0.3) is 0 Å². The lowest BCUT2D eigenvalue weighted by atomic mass is 10.0. The molecule has 0 unspecified atom stereocenters. The van der Waals surface area contributed by atoms with Crippen LogP contribution in [0.4, 0.5) is 0 Å². The fourth-order valence-corrected chi connectivity index (χ4v) is 3.82. The largest absolute Gasteiger partial charge is 0.496 e. The molecule has 0 aliphatic rings. The topological polar surface area (TPSA) is 73.6 Å². The minimum atomic E-state index is -0.993. The maximum absolute atomic E-state index is 11.6. The second-order valence-electron chi connectivity index (χ2n) is 7.52. The molecule has 0 saturated heterocycles. The number of carbonyl (C=O) groups is 1. The third-order valence-electron chi connectivity index (χ3n) is 5.42. The number of ether oxygens (including phenoxy) is 2. The van der Waals surface area contributed by atoms with Crippen LogP contribution >= 0.6 is 0 Å². The highest BCUT2D eigenvalue weighted by Gasteiger charge is 2.19. The van der Waals surface area contributed by atoms with Crippen molar-refractivity contribution < 1.29 is 19.4 Å². The number of hydrogen-bond donors (Lipinski definition) is 1. The number of hydrogen-bond acceptors (Lipinski definition) is 4. The van der Waals surface area contributed by atoms with Crippen LogP contribution in [-0.2, 0) is 13.0 Å². The Kier molecular flexibility index (Phi) is 6.74. The summed E-state index contributed by atoms with van der Waals surface area (Å²) in [6, 6.07) is 24.9. The van der Waals surface area contributed by atoms with Gasteiger partial charge >= 0.3 is 5.97 Å². The minimum absolute atomic E-state index is 0.186. The SMILES string of the molecule is CCOc1ccc(C(=O)O)cc1-c1cc(-c2ccccc2OC)n(CCc2ccccc2)n1. The van der Waals surface area contributed by atoms with Gasteiger partial charge < -0.3 is 14.6 Å². The normalized spacial score (nSPS) is 10.7. The first-order valence-electron chi connectivity index (χ1n) is 10.9. The van der Waals surface area contributed by atoms with Crippen molar-refractivity contribution in [1.29, 1.82) is 0 Å². The number of methoxy groups -OCH3 is 1. The molecule has 0 saturated carbocycles. The number of benzene rings is 3. The molecule has 168 valence electrons. The number of nitrogens with zero attached hydrogens (tertiary/aromatic N) is 2. The van der Waals surface area contributed by atoms with E-state index < -0.39 is 5.97 Å². The van der Waals surface area contributed by atoms with Gasteiger partial charge in [-0.05, 0) is 55.3 Å². The fraction of sp³-hybridized carbons (Fsp3) is 0.185. The molecular weight excluding hydrogens is 416 g/mol. The van der Waals surface area contributed by atoms with Crippen LogP contribution in [0, 0.1) is 0 Å². The van der Waals surface area contributed by atoms with Gasteiger partial charge in [0.05, 0.1) is 30.7 Å². The molecule has 0 atom stereocenters. The lowest BCUT2D eigenvalue weighted by molar-refractivity contribution is 0.0697. The zero-order valence-electron chi connectivity index (χ0n) is 18.7. The van der Waals surface area contributed by atoms with Gasteiger partial charge in [-0.2, -0.15) is 5.10 Å². The van der Waals surface area contributed by atoms with Crippen LogP contribution in [-0.4, -0.2) is 34.6 Å². The van der Waals surface area contributed by atoms with E-state index in [0.29, 0.717) is 30.2 Å². The molecule has 6 nitrogen and oxygen atoms in total. The highest BCUT2D eigenvalue weighted by molar-refractivity contribution is 5.90. The molecule has 1 aromatic heterocycles. The molecule has 33 heavy (non-hydrogen) atoms. The molecule has 6 heteroatoms. The predicted molar refractivity (Wildman–Crippen MR) is 128 cm³/mol. The monoisotopic (exact) mass is 442 g/mol. The first kappa shape index (κ1) is 22.1. The van der Waals surface area contributed by atoms with Gasteiger partial charge in [0, 0.05) is 17.7 Å². The van der Waals surface area contributed by atoms with Gasteiger partial charge in [0.1, 0.15) is 11.5 Å². The quantitative estimate of drug-likeness (QED) is 0.367. The molecule has 0 fully saturated rings. The van der Waals surface area contributed by atoms with Gasteiger partial charge in [-0.1, -0.05) is 42.5 Å². The molecule has 4 rings (SSSR count). The van der Waals surface area contributed by atoms with Crippen molar-refractivity contribution >= 4 is 5.97 Å². The van der Waals surface area contributed by atoms with Crippen LogP contribution in [0.15, 0.2) is 78.9 Å². The highest BCUT2D eigenvalue weighted by atomic mass is 16.5. The van der Waals surface area contributed by atoms with Gasteiger partial charge in [0.15, 0.2) is 0 Å². The minimum Gasteiger partial charge on any atom is -0.496 e. The molecule has 1 heterocycles. The molecular formula is C27H26N2O4. The molecule has 0 spiro atoms. The van der Waals surface area contributed by atoms with E-state index in [0.717, 1.165) is 23.4 Å². The third-order valence-corrected chi connectivity index (χ3v) is 5.42. The number of carboxylic acid groups (broad SMARTS) is 1. The van der Waals surface area contributed by atoms with Gasteiger partial charge in [0.2, 0.25) is 0 Å². The van der Waals surface area contributed by atoms with Crippen molar-refractivity contribution in [3.63, 3.8) is 0 Å². The molecule has 0 radical (unpaired) electrons. The van der Waals surface area contributed by atoms with Gasteiger partial charge in [-0.15, -0.1) is 0 Å². The number of aromatic nitrogens is 2. The van der Waals surface area contributed by atoms with Crippen LogP contribution < -0.4 is 9.47 Å². The van der Waals surface area contributed by atoms with E-state index in [2.05, 4.69) is 12.1 Å². The number of carboxylic acids is 1. The zero-order chi connectivity index (χ0) is 23.2. The van der Waals surface area contributed by atoms with Crippen LogP contribution in [0.3, 0.4) is 0 Å². The average molecular weight is 443 g/mol. The molecule has 0 amide bonds. The van der Waals surface area contributed by atoms with Crippen molar-refractivity contribution in [2.24, 2.45) is 0 Å². The molecule has 0 aliphatic heterocycles. The van der Waals surface area contributed by atoms with E-state index >= 15 is 0 Å². The highest BCUT2D eigenvalue weighted by Crippen LogP contribution is 2.36. The molecule has 1 N–H and O–H groups in total. The second kappa shape index (κ2) is 10.0. The Labute approximate surface area is 193 Å². The molecule has 3 aromatic carbocycles. The summed E-state index contributed by atoms with van der Waals surface area (Å²) in [6.45, 7) is 3.01. The molecule has 4 aromatic rings. The van der Waals surface area contributed by atoms with Crippen molar-refractivity contribution in [2.75, 3.05) is 13.7 Å². The maximum atomic E-state index is 11.6. The van der Waals surface area contributed by atoms with Crippen LogP contribution in [0.5, 0.6) is 11.5 Å². The summed E-state index contributed by atoms with van der Waals surface area (Å²) in [6.07, 6.45) is 0.803. The smallest absolute Gasteiger partial charge is 0.335 e. The summed E-state index contributed by atoms with van der Waals surface area (Å²) in [4.78, 5) is 11.6. The summed E-state index contributed by atoms with van der Waals surface area (Å²) < 4.78 is 13.3. The first-order valence-corrected chi connectivity index (χ1v) is 10.9. The summed E-state index contributed by atoms with van der Waals surface area (Å²) in [7, 11) is 1.65. The van der Waals surface area contributed by atoms with Gasteiger partial charge in [-0.25, -0.2) is 4.79 Å². The van der Waals surface area contributed by atoms with Gasteiger partial charge in [-0.3, -0.25) is 4.68 Å². The first-order chi connectivity index (χ1) is 16.1. The zero-order valence-corrected chi connectivity index (χ0v) is 18.7. The Bertz CT molecular complexity index is 1250. The summed E-state index contributed by atoms with van der Waals surface area (Å²) in [5, 5.41) is 14.4. The van der Waals surface area contributed by atoms with E-state index in [1.54, 1.807) is 25.3 Å². The predicted octanol–water partition coefficient (Wildman–Crippen LogP) is 5.57. The molecule has 0 bridgehead atoms. The maximum Gasteiger partial charge on any atom is 0.335 e. The summed E-state index contributed by atoms with van der Waals surface area (Å²) in [5.41, 5.74) is 4.50. The Hall–Kier alpha value is -4.06. The van der Waals surface area contributed by atoms with E-state index in [1.165, 1.54) is 5.56 Å². The summed E-state index contributed by atoms with van der Waals surface area (Å²) in [5.74, 6) is 0.351. The van der Waals surface area contributed by atoms with E-state index in [4.69, 9.17) is 14.6 Å². The van der Waals surface area contributed by atoms with Crippen LogP contribution in [0.1, 0.15) is 22.8 Å². The standard InChI is InChI=1S/C27H26N2O4/c1-3-33-26-14-13-20(27(30)31)17-22(26)23-18-24(21-11-7-8-12-25(21)32-2)29(28-23)16-15-19-9-5-4-6-10-19/h4-14,17-18H,3,15-16H2,1-2H3,(H,30,31). The Morgan fingerprint density at radius 1 is 0.939 bits per heavy atom. The Morgan fingerprint density at radius 2 is 1.70 bits per heavy atom. The second-order valence-corrected chi connectivity index (χ2v) is 7.52. The number of aromatic carboxylic acids is 1. The van der Waals surface area contributed by atoms with E-state index in [9.17, 15) is 9.90 Å². The Balaban J connectivity index is 1.83. The Morgan fingerprint density at radius 3 is 2.42 bits per heavy atom. The third kappa shape index (κ3) is 4.90. The van der Waals surface area contributed by atoms with Crippen molar-refractivity contribution in [2.45, 2.75) is 19.9 Å². The van der Waals surface area contributed by atoms with Crippen molar-refractivity contribution in [3.05, 3.63) is 90.0 Å². The number of rotatable bonds is 9. The number of para-hydroxylation sites is 1. The van der Waals surface area contributed by atoms with Crippen molar-refractivity contribution in [3.8, 4) is 34.0 Å². The fourth-order valence-electron chi connectivity index (χ4n) is 3.82. The lowest BCUT2D eigenvalue weighted by Crippen LogP contribution is -2.06. The van der Waals surface area contributed by atoms with Crippen LogP contribution in [0.25, 0.3) is 22.5 Å². The van der Waals surface area contributed by atoms with E-state index in [-0.39, 0.29) is 5.56 Å². The number of aryl methyl sites for hydroxylation is 2. The average Bonchev–Trinajstić information content (AvgIpc) is 3.27. The van der Waals surface area contributed by atoms with Crippen molar-refractivity contribution in [1.82, 2.24) is 9.78 Å². The van der Waals surface area contributed by atoms with Crippen LogP contribution in [0.2, 0.25) is 0 Å². The molecule has 0 aliphatic carbocycles. The summed E-state index contributed by atoms with van der Waals surface area (Å²) >= 11 is 0. The van der Waals surface area contributed by atoms with E-state index in [1.807, 2.05) is 60.1 Å². The lowest BCUT2D eigenvalue weighted by Gasteiger charge is -2.11.